The molecule has 0 bridgehead atoms. The van der Waals surface area contributed by atoms with Gasteiger partial charge < -0.3 is 24.4 Å². The van der Waals surface area contributed by atoms with Gasteiger partial charge in [-0.25, -0.2) is 4.79 Å². The monoisotopic (exact) mass is 412 g/mol. The van der Waals surface area contributed by atoms with Crippen LogP contribution in [0.15, 0.2) is 35.9 Å². The highest BCUT2D eigenvalue weighted by atomic mass is 16.5. The normalized spacial score (nSPS) is 14.9. The number of hydrogen-bond acceptors (Lipinski definition) is 6. The fourth-order valence-electron chi connectivity index (χ4n) is 3.29. The lowest BCUT2D eigenvalue weighted by Gasteiger charge is -2.24. The van der Waals surface area contributed by atoms with Gasteiger partial charge in [0.2, 0.25) is 5.75 Å². The molecule has 1 aliphatic carbocycles. The Kier molecular flexibility index (Phi) is 5.73. The largest absolute Gasteiger partial charge is 0.502 e. The molecule has 30 heavy (non-hydrogen) atoms. The molecule has 0 unspecified atom stereocenters. The third-order valence-corrected chi connectivity index (χ3v) is 5.01. The van der Waals surface area contributed by atoms with E-state index in [-0.39, 0.29) is 23.0 Å². The highest BCUT2D eigenvalue weighted by Gasteiger charge is 2.30. The van der Waals surface area contributed by atoms with Crippen LogP contribution in [0, 0.1) is 0 Å². The van der Waals surface area contributed by atoms with Crippen molar-refractivity contribution in [3.63, 3.8) is 0 Å². The first-order chi connectivity index (χ1) is 14.2. The van der Waals surface area contributed by atoms with E-state index in [0.29, 0.717) is 35.3 Å². The highest BCUT2D eigenvalue weighted by molar-refractivity contribution is 6.13. The number of aliphatic carboxylic acids is 1. The minimum atomic E-state index is -1.37. The van der Waals surface area contributed by atoms with Crippen LogP contribution >= 0.6 is 0 Å². The number of carboxylic acid groups (broad SMARTS) is 1. The molecule has 0 amide bonds. The third kappa shape index (κ3) is 4.10. The van der Waals surface area contributed by atoms with Crippen molar-refractivity contribution in [2.24, 2.45) is 0 Å². The number of methoxy groups -OCH3 is 2. The molecule has 0 spiro atoms. The van der Waals surface area contributed by atoms with Crippen LogP contribution in [0.2, 0.25) is 0 Å². The summed E-state index contributed by atoms with van der Waals surface area (Å²) in [4.78, 5) is 24.3. The summed E-state index contributed by atoms with van der Waals surface area (Å²) in [6, 6.07) is 8.27. The summed E-state index contributed by atoms with van der Waals surface area (Å²) in [5, 5.41) is 19.3. The zero-order valence-corrected chi connectivity index (χ0v) is 17.3. The second-order valence-electron chi connectivity index (χ2n) is 7.51. The van der Waals surface area contributed by atoms with Crippen molar-refractivity contribution in [3.05, 3.63) is 52.6 Å². The number of fused-ring (bicyclic) bond motifs is 1. The van der Waals surface area contributed by atoms with Gasteiger partial charge in [0.25, 0.3) is 0 Å². The molecular formula is C23H24O7. The van der Waals surface area contributed by atoms with Crippen LogP contribution in [0.3, 0.4) is 0 Å². The lowest BCUT2D eigenvalue weighted by atomic mass is 9.86. The maximum absolute atomic E-state index is 13.0. The van der Waals surface area contributed by atoms with E-state index in [2.05, 4.69) is 0 Å². The quantitative estimate of drug-likeness (QED) is 0.695. The summed E-state index contributed by atoms with van der Waals surface area (Å²) >= 11 is 0. The van der Waals surface area contributed by atoms with Gasteiger partial charge in [-0.05, 0) is 74.2 Å². The van der Waals surface area contributed by atoms with E-state index < -0.39 is 11.6 Å². The van der Waals surface area contributed by atoms with Gasteiger partial charge in [0.15, 0.2) is 22.9 Å². The summed E-state index contributed by atoms with van der Waals surface area (Å²) in [5.41, 5.74) is 1.31. The Morgan fingerprint density at radius 2 is 1.70 bits per heavy atom. The molecule has 0 fully saturated rings. The highest BCUT2D eigenvalue weighted by Crippen LogP contribution is 2.38. The van der Waals surface area contributed by atoms with Crippen molar-refractivity contribution >= 4 is 17.8 Å². The predicted octanol–water partition coefficient (Wildman–Crippen LogP) is 3.86. The number of carbonyl (C=O) groups is 2. The van der Waals surface area contributed by atoms with Crippen molar-refractivity contribution in [1.82, 2.24) is 0 Å². The number of phenolic OH excluding ortho intramolecular Hbond substituents is 1. The molecule has 3 rings (SSSR count). The van der Waals surface area contributed by atoms with Crippen molar-refractivity contribution in [2.45, 2.75) is 32.3 Å². The van der Waals surface area contributed by atoms with Crippen molar-refractivity contribution < 1.29 is 34.0 Å². The fraction of sp³-hybridized carbons (Fsp3) is 0.304. The first-order valence-corrected chi connectivity index (χ1v) is 9.42. The molecule has 2 aromatic rings. The summed E-state index contributed by atoms with van der Waals surface area (Å²) < 4.78 is 15.9. The molecule has 1 aliphatic rings. The number of rotatable bonds is 6. The third-order valence-electron chi connectivity index (χ3n) is 5.01. The van der Waals surface area contributed by atoms with Gasteiger partial charge in [-0.3, -0.25) is 4.79 Å². The summed E-state index contributed by atoms with van der Waals surface area (Å²) in [6.07, 6.45) is 2.89. The smallest absolute Gasteiger partial charge is 0.347 e. The SMILES string of the molecule is COc1cc(C=C2CCc3cc(OC(C)(C)C(=O)O)ccc3C2=O)cc(OC)c1O. The summed E-state index contributed by atoms with van der Waals surface area (Å²) in [7, 11) is 2.89. The molecule has 0 aliphatic heterocycles. The van der Waals surface area contributed by atoms with Gasteiger partial charge in [-0.1, -0.05) is 0 Å². The Bertz CT molecular complexity index is 1010. The van der Waals surface area contributed by atoms with Crippen LogP contribution in [0.25, 0.3) is 6.08 Å². The first kappa shape index (κ1) is 21.2. The van der Waals surface area contributed by atoms with Gasteiger partial charge in [-0.2, -0.15) is 0 Å². The number of carboxylic acids is 1. The van der Waals surface area contributed by atoms with E-state index in [1.54, 1.807) is 36.4 Å². The average molecular weight is 412 g/mol. The van der Waals surface area contributed by atoms with E-state index in [4.69, 9.17) is 14.2 Å². The van der Waals surface area contributed by atoms with Crippen molar-refractivity contribution in [2.75, 3.05) is 14.2 Å². The minimum Gasteiger partial charge on any atom is -0.502 e. The Balaban J connectivity index is 1.90. The summed E-state index contributed by atoms with van der Waals surface area (Å²) in [6.45, 7) is 2.95. The van der Waals surface area contributed by atoms with E-state index in [9.17, 15) is 19.8 Å². The molecular weight excluding hydrogens is 388 g/mol. The topological polar surface area (TPSA) is 102 Å². The van der Waals surface area contributed by atoms with Gasteiger partial charge in [0.05, 0.1) is 14.2 Å². The predicted molar refractivity (Wildman–Crippen MR) is 111 cm³/mol. The van der Waals surface area contributed by atoms with Crippen LogP contribution in [0.5, 0.6) is 23.0 Å². The Morgan fingerprint density at radius 3 is 2.27 bits per heavy atom. The molecule has 0 saturated carbocycles. The van der Waals surface area contributed by atoms with Crippen molar-refractivity contribution in [3.8, 4) is 23.0 Å². The van der Waals surface area contributed by atoms with Crippen LogP contribution < -0.4 is 14.2 Å². The number of benzene rings is 2. The van der Waals surface area contributed by atoms with Crippen molar-refractivity contribution in [1.29, 1.82) is 0 Å². The second kappa shape index (κ2) is 8.10. The van der Waals surface area contributed by atoms with Gasteiger partial charge in [0, 0.05) is 11.1 Å². The number of ether oxygens (including phenoxy) is 3. The lowest BCUT2D eigenvalue weighted by Crippen LogP contribution is -2.37. The number of allylic oxidation sites excluding steroid dienone is 1. The van der Waals surface area contributed by atoms with E-state index in [1.165, 1.54) is 28.1 Å². The van der Waals surface area contributed by atoms with Crippen LogP contribution in [-0.4, -0.2) is 41.8 Å². The van der Waals surface area contributed by atoms with Crippen LogP contribution in [0.4, 0.5) is 0 Å². The standard InChI is InChI=1S/C23H24O7/c1-23(2,22(26)27)30-16-7-8-17-14(12-16)5-6-15(20(17)24)9-13-10-18(28-3)21(25)19(11-13)29-4/h7-12,25H,5-6H2,1-4H3,(H,26,27). The maximum Gasteiger partial charge on any atom is 0.347 e. The van der Waals surface area contributed by atoms with Gasteiger partial charge in [-0.15, -0.1) is 0 Å². The number of hydrogen-bond donors (Lipinski definition) is 2. The van der Waals surface area contributed by atoms with Gasteiger partial charge in [0.1, 0.15) is 5.75 Å². The molecule has 0 saturated heterocycles. The summed E-state index contributed by atoms with van der Waals surface area (Å²) in [5.74, 6) is -0.346. The Labute approximate surface area is 174 Å². The zero-order chi connectivity index (χ0) is 22.1. The van der Waals surface area contributed by atoms with Crippen LogP contribution in [-0.2, 0) is 11.2 Å². The maximum atomic E-state index is 13.0. The first-order valence-electron chi connectivity index (χ1n) is 9.42. The zero-order valence-electron chi connectivity index (χ0n) is 17.3. The average Bonchev–Trinajstić information content (AvgIpc) is 2.70. The van der Waals surface area contributed by atoms with Crippen LogP contribution in [0.1, 0.15) is 41.8 Å². The number of phenols is 1. The number of ketones is 1. The molecule has 7 heteroatoms. The number of aromatic hydroxyl groups is 1. The second-order valence-corrected chi connectivity index (χ2v) is 7.51. The number of Topliss-reactive ketones (excluding diaryl/α,β-unsaturated/α-hetero) is 1. The van der Waals surface area contributed by atoms with E-state index in [1.807, 2.05) is 0 Å². The molecule has 7 nitrogen and oxygen atoms in total. The lowest BCUT2D eigenvalue weighted by molar-refractivity contribution is -0.152. The van der Waals surface area contributed by atoms with Gasteiger partial charge >= 0.3 is 5.97 Å². The molecule has 0 atom stereocenters. The Morgan fingerprint density at radius 1 is 1.07 bits per heavy atom. The van der Waals surface area contributed by atoms with E-state index in [0.717, 1.165) is 5.56 Å². The fourth-order valence-corrected chi connectivity index (χ4v) is 3.29. The minimum absolute atomic E-state index is 0.0979. The molecule has 2 aromatic carbocycles. The number of aryl methyl sites for hydroxylation is 1. The Hall–Kier alpha value is -3.48. The molecule has 2 N–H and O–H groups in total. The molecule has 0 radical (unpaired) electrons. The van der Waals surface area contributed by atoms with E-state index >= 15 is 0 Å². The molecule has 158 valence electrons. The molecule has 0 aromatic heterocycles. The molecule has 0 heterocycles. The number of carbonyl (C=O) groups excluding carboxylic acids is 1.